The van der Waals surface area contributed by atoms with Crippen LogP contribution in [0.15, 0.2) is 18.2 Å². The molecule has 0 spiro atoms. The SMILES string of the molecule is CC1(Nc2cc(Cl)ccc2[N+](=O)[O-])CC1. The van der Waals surface area contributed by atoms with E-state index >= 15 is 0 Å². The Bertz CT molecular complexity index is 416. The van der Waals surface area contributed by atoms with Crippen molar-refractivity contribution in [1.82, 2.24) is 0 Å². The van der Waals surface area contributed by atoms with Gasteiger partial charge < -0.3 is 5.32 Å². The van der Waals surface area contributed by atoms with Gasteiger partial charge in [-0.15, -0.1) is 0 Å². The fourth-order valence-electron chi connectivity index (χ4n) is 1.41. The quantitative estimate of drug-likeness (QED) is 0.636. The van der Waals surface area contributed by atoms with Crippen molar-refractivity contribution in [2.45, 2.75) is 25.3 Å². The van der Waals surface area contributed by atoms with Crippen LogP contribution in [0.2, 0.25) is 5.02 Å². The highest BCUT2D eigenvalue weighted by molar-refractivity contribution is 6.31. The molecule has 0 aromatic heterocycles. The highest BCUT2D eigenvalue weighted by atomic mass is 35.5. The van der Waals surface area contributed by atoms with E-state index in [1.807, 2.05) is 6.92 Å². The number of halogens is 1. The molecule has 5 heteroatoms. The molecule has 1 N–H and O–H groups in total. The molecule has 2 rings (SSSR count). The first-order valence-electron chi connectivity index (χ1n) is 4.72. The van der Waals surface area contributed by atoms with Gasteiger partial charge in [0.25, 0.3) is 5.69 Å². The van der Waals surface area contributed by atoms with Gasteiger partial charge in [0.2, 0.25) is 0 Å². The van der Waals surface area contributed by atoms with E-state index in [-0.39, 0.29) is 11.2 Å². The van der Waals surface area contributed by atoms with Crippen LogP contribution >= 0.6 is 11.6 Å². The van der Waals surface area contributed by atoms with E-state index in [0.717, 1.165) is 12.8 Å². The Hall–Kier alpha value is -1.29. The van der Waals surface area contributed by atoms with Crippen LogP contribution in [-0.2, 0) is 0 Å². The first-order valence-corrected chi connectivity index (χ1v) is 5.10. The maximum absolute atomic E-state index is 10.8. The minimum absolute atomic E-state index is 0.00937. The minimum Gasteiger partial charge on any atom is -0.374 e. The van der Waals surface area contributed by atoms with Gasteiger partial charge in [-0.1, -0.05) is 11.6 Å². The highest BCUT2D eigenvalue weighted by Crippen LogP contribution is 2.40. The van der Waals surface area contributed by atoms with Crippen LogP contribution in [0, 0.1) is 10.1 Å². The largest absolute Gasteiger partial charge is 0.374 e. The lowest BCUT2D eigenvalue weighted by Crippen LogP contribution is -2.16. The molecule has 4 nitrogen and oxygen atoms in total. The highest BCUT2D eigenvalue weighted by Gasteiger charge is 2.38. The molecule has 1 aromatic carbocycles. The van der Waals surface area contributed by atoms with E-state index in [2.05, 4.69) is 5.32 Å². The van der Waals surface area contributed by atoms with Gasteiger partial charge in [0.1, 0.15) is 5.69 Å². The van der Waals surface area contributed by atoms with Gasteiger partial charge in [0.15, 0.2) is 0 Å². The molecule has 1 aliphatic carbocycles. The van der Waals surface area contributed by atoms with Crippen molar-refractivity contribution >= 4 is 23.0 Å². The lowest BCUT2D eigenvalue weighted by Gasteiger charge is -2.13. The van der Waals surface area contributed by atoms with Crippen molar-refractivity contribution in [2.75, 3.05) is 5.32 Å². The first kappa shape index (κ1) is 10.2. The van der Waals surface area contributed by atoms with Crippen molar-refractivity contribution in [3.8, 4) is 0 Å². The van der Waals surface area contributed by atoms with Gasteiger partial charge in [-0.3, -0.25) is 10.1 Å². The molecule has 0 atom stereocenters. The fourth-order valence-corrected chi connectivity index (χ4v) is 1.58. The maximum atomic E-state index is 10.8. The second kappa shape index (κ2) is 3.38. The Morgan fingerprint density at radius 2 is 2.20 bits per heavy atom. The number of nitro benzene ring substituents is 1. The molecule has 80 valence electrons. The molecule has 0 saturated heterocycles. The molecule has 0 heterocycles. The molecular formula is C10H11ClN2O2. The van der Waals surface area contributed by atoms with Crippen molar-refractivity contribution < 1.29 is 4.92 Å². The van der Waals surface area contributed by atoms with Crippen LogP contribution in [-0.4, -0.2) is 10.5 Å². The van der Waals surface area contributed by atoms with Crippen LogP contribution in [0.5, 0.6) is 0 Å². The number of anilines is 1. The van der Waals surface area contributed by atoms with Gasteiger partial charge in [-0.2, -0.15) is 0 Å². The summed E-state index contributed by atoms with van der Waals surface area (Å²) in [6, 6.07) is 4.56. The molecule has 0 amide bonds. The summed E-state index contributed by atoms with van der Waals surface area (Å²) >= 11 is 5.81. The Labute approximate surface area is 92.4 Å². The van der Waals surface area contributed by atoms with Crippen LogP contribution in [0.4, 0.5) is 11.4 Å². The summed E-state index contributed by atoms with van der Waals surface area (Å²) in [6.45, 7) is 2.04. The summed E-state index contributed by atoms with van der Waals surface area (Å²) in [7, 11) is 0. The third-order valence-electron chi connectivity index (χ3n) is 2.59. The molecule has 0 radical (unpaired) electrons. The summed E-state index contributed by atoms with van der Waals surface area (Å²) in [4.78, 5) is 10.4. The fraction of sp³-hybridized carbons (Fsp3) is 0.400. The third-order valence-corrected chi connectivity index (χ3v) is 2.83. The van der Waals surface area contributed by atoms with E-state index < -0.39 is 4.92 Å². The van der Waals surface area contributed by atoms with Crippen LogP contribution in [0.3, 0.4) is 0 Å². The normalized spacial score (nSPS) is 17.2. The second-order valence-electron chi connectivity index (χ2n) is 4.10. The van der Waals surface area contributed by atoms with Gasteiger partial charge in [-0.25, -0.2) is 0 Å². The zero-order valence-electron chi connectivity index (χ0n) is 8.29. The average Bonchev–Trinajstić information content (AvgIpc) is 2.82. The van der Waals surface area contributed by atoms with Gasteiger partial charge in [-0.05, 0) is 31.9 Å². The van der Waals surface area contributed by atoms with E-state index in [9.17, 15) is 10.1 Å². The molecule has 0 aliphatic heterocycles. The standard InChI is InChI=1S/C10H11ClN2O2/c1-10(4-5-10)12-8-6-7(11)2-3-9(8)13(14)15/h2-3,6,12H,4-5H2,1H3. The maximum Gasteiger partial charge on any atom is 0.292 e. The number of nitro groups is 1. The molecule has 1 aromatic rings. The van der Waals surface area contributed by atoms with Gasteiger partial charge in [0, 0.05) is 16.6 Å². The number of nitrogens with one attached hydrogen (secondary N) is 1. The second-order valence-corrected chi connectivity index (χ2v) is 4.54. The molecule has 1 fully saturated rings. The molecule has 0 bridgehead atoms. The molecular weight excluding hydrogens is 216 g/mol. The monoisotopic (exact) mass is 226 g/mol. The van der Waals surface area contributed by atoms with Gasteiger partial charge >= 0.3 is 0 Å². The topological polar surface area (TPSA) is 55.2 Å². The van der Waals surface area contributed by atoms with E-state index in [4.69, 9.17) is 11.6 Å². The Morgan fingerprint density at radius 3 is 2.73 bits per heavy atom. The molecule has 0 unspecified atom stereocenters. The first-order chi connectivity index (χ1) is 7.00. The minimum atomic E-state index is -0.398. The van der Waals surface area contributed by atoms with Crippen molar-refractivity contribution in [3.05, 3.63) is 33.3 Å². The van der Waals surface area contributed by atoms with Crippen LogP contribution < -0.4 is 5.32 Å². The summed E-state index contributed by atoms with van der Waals surface area (Å²) in [5, 5.41) is 14.4. The number of benzene rings is 1. The Morgan fingerprint density at radius 1 is 1.53 bits per heavy atom. The summed E-state index contributed by atoms with van der Waals surface area (Å²) < 4.78 is 0. The van der Waals surface area contributed by atoms with E-state index in [1.54, 1.807) is 6.07 Å². The zero-order chi connectivity index (χ0) is 11.1. The Balaban J connectivity index is 2.34. The smallest absolute Gasteiger partial charge is 0.292 e. The van der Waals surface area contributed by atoms with E-state index in [0.29, 0.717) is 10.7 Å². The van der Waals surface area contributed by atoms with Crippen molar-refractivity contribution in [2.24, 2.45) is 0 Å². The lowest BCUT2D eigenvalue weighted by atomic mass is 10.2. The lowest BCUT2D eigenvalue weighted by molar-refractivity contribution is -0.384. The summed E-state index contributed by atoms with van der Waals surface area (Å²) in [6.07, 6.45) is 2.08. The molecule has 1 aliphatic rings. The molecule has 1 saturated carbocycles. The number of hydrogen-bond donors (Lipinski definition) is 1. The van der Waals surface area contributed by atoms with Crippen LogP contribution in [0.25, 0.3) is 0 Å². The van der Waals surface area contributed by atoms with Crippen molar-refractivity contribution in [1.29, 1.82) is 0 Å². The average molecular weight is 227 g/mol. The van der Waals surface area contributed by atoms with E-state index in [1.165, 1.54) is 12.1 Å². The predicted molar refractivity (Wildman–Crippen MR) is 59.4 cm³/mol. The summed E-state index contributed by atoms with van der Waals surface area (Å²) in [5.41, 5.74) is 0.593. The van der Waals surface area contributed by atoms with Crippen molar-refractivity contribution in [3.63, 3.8) is 0 Å². The molecule has 15 heavy (non-hydrogen) atoms. The zero-order valence-corrected chi connectivity index (χ0v) is 9.04. The third kappa shape index (κ3) is 2.21. The number of nitrogens with zero attached hydrogens (tertiary/aromatic N) is 1. The summed E-state index contributed by atoms with van der Waals surface area (Å²) in [5.74, 6) is 0. The van der Waals surface area contributed by atoms with Crippen LogP contribution in [0.1, 0.15) is 19.8 Å². The Kier molecular flexibility index (Phi) is 2.31. The number of rotatable bonds is 3. The number of hydrogen-bond acceptors (Lipinski definition) is 3. The predicted octanol–water partition coefficient (Wildman–Crippen LogP) is 3.21. The van der Waals surface area contributed by atoms with Gasteiger partial charge in [0.05, 0.1) is 4.92 Å².